The Bertz CT molecular complexity index is 653. The third-order valence-electron chi connectivity index (χ3n) is 2.49. The van der Waals surface area contributed by atoms with Gasteiger partial charge in [0.15, 0.2) is 5.58 Å². The molecule has 0 saturated heterocycles. The average Bonchev–Trinajstić information content (AvgIpc) is 2.84. The van der Waals surface area contributed by atoms with Crippen molar-refractivity contribution in [3.05, 3.63) is 30.7 Å². The van der Waals surface area contributed by atoms with Gasteiger partial charge < -0.3 is 14.7 Å². The molecule has 2 heterocycles. The van der Waals surface area contributed by atoms with Gasteiger partial charge in [0.25, 0.3) is 0 Å². The fourth-order valence-electron chi connectivity index (χ4n) is 1.64. The molecule has 1 aromatic carbocycles. The Labute approximate surface area is 91.5 Å². The molecule has 3 rings (SSSR count). The molecule has 0 spiro atoms. The summed E-state index contributed by atoms with van der Waals surface area (Å²) in [5, 5.41) is 0. The fourth-order valence-corrected chi connectivity index (χ4v) is 1.64. The van der Waals surface area contributed by atoms with Crippen LogP contribution in [0.4, 0.5) is 5.69 Å². The molecule has 0 saturated carbocycles. The number of nitrogens with two attached hydrogens (primary N) is 1. The predicted molar refractivity (Wildman–Crippen MR) is 60.6 cm³/mol. The van der Waals surface area contributed by atoms with E-state index in [1.807, 2.05) is 23.7 Å². The average molecular weight is 214 g/mol. The summed E-state index contributed by atoms with van der Waals surface area (Å²) in [7, 11) is 1.89. The van der Waals surface area contributed by atoms with Gasteiger partial charge in [-0.15, -0.1) is 0 Å². The lowest BCUT2D eigenvalue weighted by molar-refractivity contribution is 0.612. The van der Waals surface area contributed by atoms with E-state index in [1.165, 1.54) is 0 Å². The second kappa shape index (κ2) is 3.10. The largest absolute Gasteiger partial charge is 0.435 e. The highest BCUT2D eigenvalue weighted by Crippen LogP contribution is 2.26. The summed E-state index contributed by atoms with van der Waals surface area (Å²) >= 11 is 0. The summed E-state index contributed by atoms with van der Waals surface area (Å²) in [6.07, 6.45) is 3.41. The van der Waals surface area contributed by atoms with Crippen LogP contribution in [0.25, 0.3) is 22.7 Å². The minimum atomic E-state index is 0.535. The van der Waals surface area contributed by atoms with Crippen LogP contribution in [-0.4, -0.2) is 14.5 Å². The number of oxazole rings is 1. The highest BCUT2D eigenvalue weighted by molar-refractivity contribution is 5.86. The van der Waals surface area contributed by atoms with Crippen molar-refractivity contribution in [2.45, 2.75) is 0 Å². The lowest BCUT2D eigenvalue weighted by Gasteiger charge is -1.93. The van der Waals surface area contributed by atoms with Crippen LogP contribution in [-0.2, 0) is 7.05 Å². The maximum Gasteiger partial charge on any atom is 0.245 e. The zero-order valence-corrected chi connectivity index (χ0v) is 8.71. The summed E-state index contributed by atoms with van der Waals surface area (Å²) in [6.45, 7) is 0. The van der Waals surface area contributed by atoms with Crippen molar-refractivity contribution in [3.8, 4) is 11.6 Å². The van der Waals surface area contributed by atoms with Gasteiger partial charge in [-0.1, -0.05) is 6.07 Å². The molecule has 0 radical (unpaired) electrons. The van der Waals surface area contributed by atoms with Crippen LogP contribution in [0.1, 0.15) is 0 Å². The highest BCUT2D eigenvalue weighted by atomic mass is 16.3. The first-order chi connectivity index (χ1) is 7.75. The van der Waals surface area contributed by atoms with E-state index in [0.29, 0.717) is 22.7 Å². The summed E-state index contributed by atoms with van der Waals surface area (Å²) in [4.78, 5) is 8.39. The molecule has 80 valence electrons. The summed E-state index contributed by atoms with van der Waals surface area (Å²) < 4.78 is 7.47. The number of anilines is 1. The molecule has 0 aliphatic rings. The van der Waals surface area contributed by atoms with E-state index in [0.717, 1.165) is 5.69 Å². The minimum absolute atomic E-state index is 0.535. The number of hydrogen-bond donors (Lipinski definition) is 1. The van der Waals surface area contributed by atoms with E-state index in [1.54, 1.807) is 18.6 Å². The normalized spacial score (nSPS) is 11.1. The zero-order valence-electron chi connectivity index (χ0n) is 8.71. The maximum absolute atomic E-state index is 5.82. The molecule has 3 aromatic rings. The van der Waals surface area contributed by atoms with Gasteiger partial charge in [-0.05, 0) is 12.1 Å². The van der Waals surface area contributed by atoms with E-state index in [4.69, 9.17) is 10.2 Å². The van der Waals surface area contributed by atoms with Gasteiger partial charge in [-0.25, -0.2) is 9.97 Å². The molecule has 16 heavy (non-hydrogen) atoms. The van der Waals surface area contributed by atoms with Crippen LogP contribution in [0.2, 0.25) is 0 Å². The number of nitrogen functional groups attached to an aromatic ring is 1. The third-order valence-corrected chi connectivity index (χ3v) is 2.49. The van der Waals surface area contributed by atoms with Gasteiger partial charge in [0.1, 0.15) is 11.2 Å². The fraction of sp³-hybridized carbons (Fsp3) is 0.0909. The number of fused-ring (bicyclic) bond motifs is 1. The Morgan fingerprint density at radius 1 is 1.38 bits per heavy atom. The molecule has 0 fully saturated rings. The van der Waals surface area contributed by atoms with Crippen LogP contribution in [0.3, 0.4) is 0 Å². The number of imidazole rings is 1. The van der Waals surface area contributed by atoms with Gasteiger partial charge >= 0.3 is 0 Å². The van der Waals surface area contributed by atoms with Gasteiger partial charge in [0.2, 0.25) is 5.89 Å². The number of hydrogen-bond acceptors (Lipinski definition) is 4. The zero-order chi connectivity index (χ0) is 11.1. The van der Waals surface area contributed by atoms with Crippen molar-refractivity contribution < 1.29 is 4.42 Å². The lowest BCUT2D eigenvalue weighted by atomic mass is 10.3. The second-order valence-electron chi connectivity index (χ2n) is 3.60. The van der Waals surface area contributed by atoms with Crippen molar-refractivity contribution in [2.75, 3.05) is 5.73 Å². The Kier molecular flexibility index (Phi) is 1.73. The second-order valence-corrected chi connectivity index (χ2v) is 3.60. The quantitative estimate of drug-likeness (QED) is 0.627. The molecule has 5 heteroatoms. The number of rotatable bonds is 1. The Balaban J connectivity index is 2.27. The summed E-state index contributed by atoms with van der Waals surface area (Å²) in [5.41, 5.74) is 8.65. The molecule has 0 unspecified atom stereocenters. The molecule has 5 nitrogen and oxygen atoms in total. The van der Waals surface area contributed by atoms with Crippen molar-refractivity contribution in [1.29, 1.82) is 0 Å². The van der Waals surface area contributed by atoms with E-state index >= 15 is 0 Å². The number of aromatic nitrogens is 3. The molecular formula is C11H10N4O. The molecule has 0 atom stereocenters. The van der Waals surface area contributed by atoms with Crippen molar-refractivity contribution in [1.82, 2.24) is 14.5 Å². The van der Waals surface area contributed by atoms with Gasteiger partial charge in [-0.2, -0.15) is 0 Å². The first-order valence-electron chi connectivity index (χ1n) is 4.87. The Morgan fingerprint density at radius 3 is 2.94 bits per heavy atom. The molecule has 0 bridgehead atoms. The van der Waals surface area contributed by atoms with Crippen LogP contribution < -0.4 is 5.73 Å². The minimum Gasteiger partial charge on any atom is -0.435 e. The highest BCUT2D eigenvalue weighted by Gasteiger charge is 2.12. The summed E-state index contributed by atoms with van der Waals surface area (Å²) in [6, 6.07) is 5.49. The Morgan fingerprint density at radius 2 is 2.25 bits per heavy atom. The number of para-hydroxylation sites is 1. The monoisotopic (exact) mass is 214 g/mol. The van der Waals surface area contributed by atoms with Crippen LogP contribution in [0.15, 0.2) is 35.1 Å². The predicted octanol–water partition coefficient (Wildman–Crippen LogP) is 1.81. The molecule has 2 N–H and O–H groups in total. The molecule has 0 aliphatic carbocycles. The van der Waals surface area contributed by atoms with Crippen LogP contribution >= 0.6 is 0 Å². The maximum atomic E-state index is 5.82. The van der Waals surface area contributed by atoms with Gasteiger partial charge in [-0.3, -0.25) is 0 Å². The Hall–Kier alpha value is -2.30. The lowest BCUT2D eigenvalue weighted by Crippen LogP contribution is -1.89. The molecular weight excluding hydrogens is 204 g/mol. The molecule has 0 amide bonds. The van der Waals surface area contributed by atoms with E-state index in [2.05, 4.69) is 9.97 Å². The third kappa shape index (κ3) is 1.18. The number of benzene rings is 1. The van der Waals surface area contributed by atoms with E-state index < -0.39 is 0 Å². The van der Waals surface area contributed by atoms with Crippen molar-refractivity contribution in [2.24, 2.45) is 7.05 Å². The van der Waals surface area contributed by atoms with Crippen molar-refractivity contribution >= 4 is 16.8 Å². The molecule has 2 aromatic heterocycles. The standard InChI is InChI=1S/C11H10N4O/c1-15-6-13-5-8(15)11-14-10-7(12)3-2-4-9(10)16-11/h2-6H,12H2,1H3. The first kappa shape index (κ1) is 8.96. The van der Waals surface area contributed by atoms with Crippen LogP contribution in [0.5, 0.6) is 0 Å². The van der Waals surface area contributed by atoms with Gasteiger partial charge in [0, 0.05) is 7.05 Å². The first-order valence-corrected chi connectivity index (χ1v) is 4.87. The number of nitrogens with zero attached hydrogens (tertiary/aromatic N) is 3. The smallest absolute Gasteiger partial charge is 0.245 e. The topological polar surface area (TPSA) is 69.9 Å². The summed E-state index contributed by atoms with van der Waals surface area (Å²) in [5.74, 6) is 0.535. The van der Waals surface area contributed by atoms with E-state index in [9.17, 15) is 0 Å². The number of aryl methyl sites for hydroxylation is 1. The van der Waals surface area contributed by atoms with Crippen molar-refractivity contribution in [3.63, 3.8) is 0 Å². The van der Waals surface area contributed by atoms with E-state index in [-0.39, 0.29) is 0 Å². The SMILES string of the molecule is Cn1cncc1-c1nc2c(N)cccc2o1. The van der Waals surface area contributed by atoms with Crippen LogP contribution in [0, 0.1) is 0 Å². The van der Waals surface area contributed by atoms with Gasteiger partial charge in [0.05, 0.1) is 18.2 Å². The molecule has 0 aliphatic heterocycles.